The second-order valence-electron chi connectivity index (χ2n) is 9.61. The Kier molecular flexibility index (Phi) is 7.07. The second-order valence-corrected chi connectivity index (χ2v) is 12.0. The molecule has 1 saturated carbocycles. The molecule has 0 bridgehead atoms. The number of hydrogen-bond donors (Lipinski definition) is 0. The van der Waals surface area contributed by atoms with Gasteiger partial charge in [-0.3, -0.25) is 4.90 Å². The summed E-state index contributed by atoms with van der Waals surface area (Å²) in [6.45, 7) is 4.51. The molecule has 0 atom stereocenters. The van der Waals surface area contributed by atoms with Crippen LogP contribution in [0.15, 0.2) is 41.3 Å². The van der Waals surface area contributed by atoms with Crippen molar-refractivity contribution in [2.45, 2.75) is 49.5 Å². The molecule has 8 heteroatoms. The highest BCUT2D eigenvalue weighted by atomic mass is 35.5. The van der Waals surface area contributed by atoms with Crippen LogP contribution in [0.4, 0.5) is 5.69 Å². The van der Waals surface area contributed by atoms with Gasteiger partial charge in [0.1, 0.15) is 10.6 Å². The van der Waals surface area contributed by atoms with E-state index in [0.717, 1.165) is 25.4 Å². The molecule has 184 valence electrons. The number of ether oxygens (including phenoxy) is 1. The first-order chi connectivity index (χ1) is 16.5. The number of fused-ring (bicyclic) bond motifs is 1. The molecule has 5 rings (SSSR count). The lowest BCUT2D eigenvalue weighted by atomic mass is 10.0. The molecular weight excluding hydrogens is 470 g/mol. The quantitative estimate of drug-likeness (QED) is 0.612. The molecule has 1 aliphatic carbocycles. The van der Waals surface area contributed by atoms with Crippen molar-refractivity contribution in [3.05, 3.63) is 52.5 Å². The molecule has 1 saturated heterocycles. The van der Waals surface area contributed by atoms with Gasteiger partial charge >= 0.3 is 0 Å². The van der Waals surface area contributed by atoms with Crippen molar-refractivity contribution in [2.75, 3.05) is 51.3 Å². The fraction of sp³-hybridized carbons (Fsp3) is 0.538. The molecule has 2 aromatic carbocycles. The van der Waals surface area contributed by atoms with Gasteiger partial charge in [0.25, 0.3) is 0 Å². The van der Waals surface area contributed by atoms with E-state index in [2.05, 4.69) is 28.0 Å². The summed E-state index contributed by atoms with van der Waals surface area (Å²) in [6.07, 6.45) is 7.70. The molecule has 2 fully saturated rings. The van der Waals surface area contributed by atoms with Crippen LogP contribution in [-0.4, -0.2) is 70.0 Å². The largest absolute Gasteiger partial charge is 0.495 e. The van der Waals surface area contributed by atoms with Gasteiger partial charge in [-0.15, -0.1) is 0 Å². The van der Waals surface area contributed by atoms with E-state index in [9.17, 15) is 8.42 Å². The number of anilines is 1. The molecule has 34 heavy (non-hydrogen) atoms. The average Bonchev–Trinajstić information content (AvgIpc) is 3.31. The van der Waals surface area contributed by atoms with Crippen molar-refractivity contribution < 1.29 is 13.2 Å². The Morgan fingerprint density at radius 2 is 1.59 bits per heavy atom. The molecule has 0 spiro atoms. The van der Waals surface area contributed by atoms with Crippen LogP contribution in [0.5, 0.6) is 5.75 Å². The first-order valence-corrected chi connectivity index (χ1v) is 14.2. The van der Waals surface area contributed by atoms with Crippen molar-refractivity contribution in [2.24, 2.45) is 0 Å². The number of benzene rings is 2. The molecule has 0 N–H and O–H groups in total. The van der Waals surface area contributed by atoms with E-state index in [-0.39, 0.29) is 4.90 Å². The topological polar surface area (TPSA) is 53.1 Å². The zero-order chi connectivity index (χ0) is 23.7. The Morgan fingerprint density at radius 1 is 0.882 bits per heavy atom. The maximum Gasteiger partial charge on any atom is 0.246 e. The van der Waals surface area contributed by atoms with Crippen LogP contribution in [0.3, 0.4) is 0 Å². The maximum absolute atomic E-state index is 13.3. The van der Waals surface area contributed by atoms with E-state index in [4.69, 9.17) is 16.3 Å². The van der Waals surface area contributed by atoms with Crippen molar-refractivity contribution in [3.8, 4) is 5.75 Å². The molecule has 2 heterocycles. The van der Waals surface area contributed by atoms with Crippen LogP contribution < -0.4 is 9.64 Å². The van der Waals surface area contributed by atoms with Gasteiger partial charge in [-0.25, -0.2) is 8.42 Å². The Labute approximate surface area is 208 Å². The van der Waals surface area contributed by atoms with Gasteiger partial charge in [0.2, 0.25) is 10.0 Å². The van der Waals surface area contributed by atoms with E-state index >= 15 is 0 Å². The van der Waals surface area contributed by atoms with Crippen molar-refractivity contribution in [1.82, 2.24) is 9.21 Å². The van der Waals surface area contributed by atoms with Gasteiger partial charge in [-0.2, -0.15) is 4.31 Å². The lowest BCUT2D eigenvalue weighted by Gasteiger charge is -2.36. The van der Waals surface area contributed by atoms with Gasteiger partial charge in [0, 0.05) is 56.0 Å². The monoisotopic (exact) mass is 503 g/mol. The summed E-state index contributed by atoms with van der Waals surface area (Å²) in [4.78, 5) is 5.15. The summed E-state index contributed by atoms with van der Waals surface area (Å²) >= 11 is 6.09. The molecule has 0 radical (unpaired) electrons. The Hall–Kier alpha value is -1.80. The van der Waals surface area contributed by atoms with Crippen molar-refractivity contribution in [3.63, 3.8) is 0 Å². The number of halogens is 1. The van der Waals surface area contributed by atoms with E-state index in [1.165, 1.54) is 62.2 Å². The molecule has 6 nitrogen and oxygen atoms in total. The minimum absolute atomic E-state index is 0.132. The number of methoxy groups -OCH3 is 1. The highest BCUT2D eigenvalue weighted by Gasteiger charge is 2.31. The minimum atomic E-state index is -3.67. The fourth-order valence-electron chi connectivity index (χ4n) is 5.74. The predicted molar refractivity (Wildman–Crippen MR) is 137 cm³/mol. The van der Waals surface area contributed by atoms with Gasteiger partial charge < -0.3 is 9.64 Å². The van der Waals surface area contributed by atoms with E-state index in [0.29, 0.717) is 37.0 Å². The van der Waals surface area contributed by atoms with Crippen LogP contribution in [0.1, 0.15) is 36.8 Å². The zero-order valence-electron chi connectivity index (χ0n) is 19.9. The summed E-state index contributed by atoms with van der Waals surface area (Å²) in [7, 11) is -2.20. The number of piperazine rings is 1. The van der Waals surface area contributed by atoms with E-state index in [1.807, 2.05) is 0 Å². The van der Waals surface area contributed by atoms with Gasteiger partial charge in [-0.05, 0) is 67.1 Å². The van der Waals surface area contributed by atoms with Crippen LogP contribution in [-0.2, 0) is 22.9 Å². The highest BCUT2D eigenvalue weighted by molar-refractivity contribution is 7.89. The standard InChI is InChI=1S/C26H34ClN3O3S/c1-33-25-9-7-22(27)19-26(25)34(31,32)30-16-14-29(15-17-30)24-8-6-20-10-12-28(13-11-21(20)18-24)23-4-2-3-5-23/h6-9,18-19,23H,2-5,10-17H2,1H3. The second kappa shape index (κ2) is 10.1. The Bertz CT molecular complexity index is 1130. The summed E-state index contributed by atoms with van der Waals surface area (Å²) in [5.74, 6) is 0.323. The molecule has 3 aliphatic rings. The molecule has 2 aliphatic heterocycles. The number of sulfonamides is 1. The third kappa shape index (κ3) is 4.81. The van der Waals surface area contributed by atoms with Crippen molar-refractivity contribution in [1.29, 1.82) is 0 Å². The van der Waals surface area contributed by atoms with Gasteiger partial charge in [0.15, 0.2) is 0 Å². The van der Waals surface area contributed by atoms with Crippen LogP contribution in [0, 0.1) is 0 Å². The third-order valence-corrected chi connectivity index (χ3v) is 9.87. The summed E-state index contributed by atoms with van der Waals surface area (Å²) in [5, 5.41) is 0.384. The molecule has 0 amide bonds. The third-order valence-electron chi connectivity index (χ3n) is 7.71. The summed E-state index contributed by atoms with van der Waals surface area (Å²) in [6, 6.07) is 12.4. The normalized spacial score (nSPS) is 20.8. The molecule has 0 aromatic heterocycles. The molecular formula is C26H34ClN3O3S. The predicted octanol–water partition coefficient (Wildman–Crippen LogP) is 4.20. The van der Waals surface area contributed by atoms with Gasteiger partial charge in [-0.1, -0.05) is 30.5 Å². The lowest BCUT2D eigenvalue weighted by Crippen LogP contribution is -2.48. The van der Waals surface area contributed by atoms with Gasteiger partial charge in [0.05, 0.1) is 7.11 Å². The SMILES string of the molecule is COc1ccc(Cl)cc1S(=O)(=O)N1CCN(c2ccc3c(c2)CCN(C2CCCC2)CC3)CC1. The van der Waals surface area contributed by atoms with Crippen LogP contribution in [0.2, 0.25) is 5.02 Å². The zero-order valence-corrected chi connectivity index (χ0v) is 21.5. The van der Waals surface area contributed by atoms with Crippen LogP contribution >= 0.6 is 11.6 Å². The first-order valence-electron chi connectivity index (χ1n) is 12.4. The Morgan fingerprint density at radius 3 is 2.29 bits per heavy atom. The number of rotatable bonds is 5. The summed E-state index contributed by atoms with van der Waals surface area (Å²) < 4.78 is 33.4. The minimum Gasteiger partial charge on any atom is -0.495 e. The maximum atomic E-state index is 13.3. The average molecular weight is 504 g/mol. The fourth-order valence-corrected chi connectivity index (χ4v) is 7.58. The highest BCUT2D eigenvalue weighted by Crippen LogP contribution is 2.32. The smallest absolute Gasteiger partial charge is 0.246 e. The van der Waals surface area contributed by atoms with Crippen molar-refractivity contribution >= 4 is 27.3 Å². The van der Waals surface area contributed by atoms with E-state index in [1.54, 1.807) is 16.4 Å². The number of hydrogen-bond acceptors (Lipinski definition) is 5. The van der Waals surface area contributed by atoms with Crippen LogP contribution in [0.25, 0.3) is 0 Å². The first kappa shape index (κ1) is 23.9. The lowest BCUT2D eigenvalue weighted by molar-refractivity contribution is 0.208. The molecule has 2 aromatic rings. The number of nitrogens with zero attached hydrogens (tertiary/aromatic N) is 3. The Balaban J connectivity index is 1.26. The molecule has 0 unspecified atom stereocenters. The summed E-state index contributed by atoms with van der Waals surface area (Å²) in [5.41, 5.74) is 4.13. The van der Waals surface area contributed by atoms with E-state index < -0.39 is 10.0 Å².